The summed E-state index contributed by atoms with van der Waals surface area (Å²) in [5, 5.41) is 28.8. The average Bonchev–Trinajstić information content (AvgIpc) is 2.30. The highest BCUT2D eigenvalue weighted by Crippen LogP contribution is 2.60. The predicted molar refractivity (Wildman–Crippen MR) is 68.3 cm³/mol. The fourth-order valence-corrected chi connectivity index (χ4v) is 3.60. The van der Waals surface area contributed by atoms with Gasteiger partial charge in [-0.2, -0.15) is 0 Å². The molecule has 0 aliphatic rings. The molecule has 0 aliphatic heterocycles. The third kappa shape index (κ3) is 4.32. The minimum absolute atomic E-state index is 0. The molecule has 0 spiro atoms. The van der Waals surface area contributed by atoms with Crippen LogP contribution in [0.4, 0.5) is 0 Å². The Morgan fingerprint density at radius 2 is 1.35 bits per heavy atom. The van der Waals surface area contributed by atoms with E-state index in [0.29, 0.717) is 21.8 Å². The number of rotatable bonds is 5. The lowest BCUT2D eigenvalue weighted by Gasteiger charge is -2.21. The van der Waals surface area contributed by atoms with Gasteiger partial charge in [0, 0.05) is 15.6 Å². The molecule has 0 saturated heterocycles. The Hall–Kier alpha value is 0.590. The summed E-state index contributed by atoms with van der Waals surface area (Å²) in [6, 6.07) is 5.12. The Labute approximate surface area is 121 Å². The van der Waals surface area contributed by atoms with Crippen LogP contribution in [0.15, 0.2) is 18.2 Å². The molecule has 0 unspecified atom stereocenters. The van der Waals surface area contributed by atoms with Gasteiger partial charge in [0.25, 0.3) is 0 Å². The van der Waals surface area contributed by atoms with Crippen LogP contribution in [-0.2, 0) is 6.16 Å². The number of hydrogen-bond donors (Lipinski definition) is 3. The van der Waals surface area contributed by atoms with E-state index in [9.17, 15) is 15.3 Å². The Bertz CT molecular complexity index is 333. The highest BCUT2D eigenvalue weighted by atomic mass is 79.9. The molecule has 1 rings (SSSR count). The second-order valence-corrected chi connectivity index (χ2v) is 8.29. The van der Waals surface area contributed by atoms with Gasteiger partial charge in [-0.3, -0.25) is 0 Å². The highest BCUT2D eigenvalue weighted by molar-refractivity contribution is 7.74. The van der Waals surface area contributed by atoms with Crippen molar-refractivity contribution in [2.45, 2.75) is 6.16 Å². The molecule has 0 aromatic heterocycles. The van der Waals surface area contributed by atoms with Crippen molar-refractivity contribution in [3.8, 4) is 0 Å². The van der Waals surface area contributed by atoms with Crippen LogP contribution in [0, 0.1) is 0 Å². The van der Waals surface area contributed by atoms with E-state index in [0.717, 1.165) is 0 Å². The molecule has 0 saturated carbocycles. The molecule has 98 valence electrons. The summed E-state index contributed by atoms with van der Waals surface area (Å²) >= 11 is 12.0. The quantitative estimate of drug-likeness (QED) is 0.610. The van der Waals surface area contributed by atoms with Gasteiger partial charge in [-0.05, 0) is 12.1 Å². The highest BCUT2D eigenvalue weighted by Gasteiger charge is 2.37. The first-order valence-corrected chi connectivity index (χ1v) is 7.97. The lowest BCUT2D eigenvalue weighted by molar-refractivity contribution is -0.00000565. The number of benzene rings is 1. The van der Waals surface area contributed by atoms with Crippen molar-refractivity contribution < 1.29 is 32.3 Å². The SMILES string of the molecule is OC[P+](CO)(CO)Cc1c(Cl)cccc1Cl.[Br-]. The summed E-state index contributed by atoms with van der Waals surface area (Å²) in [5.41, 5.74) is 0.677. The van der Waals surface area contributed by atoms with Crippen LogP contribution in [0.3, 0.4) is 0 Å². The van der Waals surface area contributed by atoms with Crippen molar-refractivity contribution >= 4 is 30.5 Å². The van der Waals surface area contributed by atoms with Crippen LogP contribution >= 0.6 is 30.5 Å². The Kier molecular flexibility index (Phi) is 8.18. The van der Waals surface area contributed by atoms with Crippen molar-refractivity contribution in [3.63, 3.8) is 0 Å². The summed E-state index contributed by atoms with van der Waals surface area (Å²) in [6.07, 6.45) is -0.320. The van der Waals surface area contributed by atoms with Gasteiger partial charge in [0.15, 0.2) is 19.0 Å². The van der Waals surface area contributed by atoms with Crippen LogP contribution in [0.25, 0.3) is 0 Å². The third-order valence-electron chi connectivity index (χ3n) is 2.46. The molecule has 0 bridgehead atoms. The zero-order chi connectivity index (χ0) is 12.2. The minimum Gasteiger partial charge on any atom is -1.00 e. The molecule has 0 amide bonds. The van der Waals surface area contributed by atoms with Crippen LogP contribution in [0.5, 0.6) is 0 Å². The van der Waals surface area contributed by atoms with Crippen LogP contribution < -0.4 is 17.0 Å². The summed E-state index contributed by atoms with van der Waals surface area (Å²) in [6.45, 7) is 0. The second-order valence-electron chi connectivity index (χ2n) is 3.62. The fourth-order valence-electron chi connectivity index (χ4n) is 1.30. The molecule has 0 heterocycles. The zero-order valence-electron chi connectivity index (χ0n) is 8.98. The minimum atomic E-state index is -2.22. The van der Waals surface area contributed by atoms with Crippen LogP contribution in [-0.4, -0.2) is 34.4 Å². The molecular weight excluding hydrogens is 350 g/mol. The van der Waals surface area contributed by atoms with Gasteiger partial charge in [-0.25, -0.2) is 0 Å². The Balaban J connectivity index is 0.00000256. The second kappa shape index (κ2) is 7.90. The summed E-state index contributed by atoms with van der Waals surface area (Å²) in [4.78, 5) is 0. The van der Waals surface area contributed by atoms with Gasteiger partial charge in [-0.15, -0.1) is 0 Å². The van der Waals surface area contributed by atoms with Gasteiger partial charge in [0.2, 0.25) is 0 Å². The van der Waals surface area contributed by atoms with Crippen molar-refractivity contribution in [2.24, 2.45) is 0 Å². The molecule has 3 nitrogen and oxygen atoms in total. The monoisotopic (exact) mass is 362 g/mol. The maximum absolute atomic E-state index is 9.26. The normalized spacial score (nSPS) is 11.1. The van der Waals surface area contributed by atoms with Crippen LogP contribution in [0.1, 0.15) is 5.56 Å². The maximum atomic E-state index is 9.26. The van der Waals surface area contributed by atoms with Crippen molar-refractivity contribution in [1.82, 2.24) is 0 Å². The first-order chi connectivity index (χ1) is 7.58. The van der Waals surface area contributed by atoms with E-state index in [4.69, 9.17) is 23.2 Å². The fraction of sp³-hybridized carbons (Fsp3) is 0.400. The van der Waals surface area contributed by atoms with Crippen LogP contribution in [0.2, 0.25) is 10.0 Å². The molecule has 0 aliphatic carbocycles. The lowest BCUT2D eigenvalue weighted by Crippen LogP contribution is -3.00. The van der Waals surface area contributed by atoms with E-state index in [-0.39, 0.29) is 36.0 Å². The summed E-state index contributed by atoms with van der Waals surface area (Å²) in [5.74, 6) is 0. The van der Waals surface area contributed by atoms with Gasteiger partial charge in [0.1, 0.15) is 0 Å². The molecule has 3 N–H and O–H groups in total. The smallest absolute Gasteiger partial charge is 0.159 e. The van der Waals surface area contributed by atoms with E-state index >= 15 is 0 Å². The summed E-state index contributed by atoms with van der Waals surface area (Å²) < 4.78 is 0. The van der Waals surface area contributed by atoms with E-state index in [2.05, 4.69) is 0 Å². The number of hydrogen-bond acceptors (Lipinski definition) is 3. The van der Waals surface area contributed by atoms with Crippen molar-refractivity contribution in [2.75, 3.05) is 19.0 Å². The largest absolute Gasteiger partial charge is 1.00 e. The van der Waals surface area contributed by atoms with E-state index in [1.54, 1.807) is 18.2 Å². The van der Waals surface area contributed by atoms with Gasteiger partial charge >= 0.3 is 0 Å². The van der Waals surface area contributed by atoms with Crippen molar-refractivity contribution in [1.29, 1.82) is 0 Å². The Morgan fingerprint density at radius 1 is 0.941 bits per heavy atom. The lowest BCUT2D eigenvalue weighted by atomic mass is 10.2. The third-order valence-corrected chi connectivity index (χ3v) is 5.95. The van der Waals surface area contributed by atoms with E-state index < -0.39 is 7.26 Å². The topological polar surface area (TPSA) is 60.7 Å². The van der Waals surface area contributed by atoms with Gasteiger partial charge < -0.3 is 32.3 Å². The van der Waals surface area contributed by atoms with Gasteiger partial charge in [-0.1, -0.05) is 29.3 Å². The average molecular weight is 364 g/mol. The first kappa shape index (κ1) is 17.6. The summed E-state index contributed by atoms with van der Waals surface area (Å²) in [7, 11) is -2.22. The maximum Gasteiger partial charge on any atom is 0.159 e. The molecule has 0 fully saturated rings. The molecule has 1 aromatic carbocycles. The van der Waals surface area contributed by atoms with E-state index in [1.165, 1.54) is 0 Å². The molecule has 0 radical (unpaired) electrons. The molecule has 7 heteroatoms. The van der Waals surface area contributed by atoms with Gasteiger partial charge in [0.05, 0.1) is 13.4 Å². The van der Waals surface area contributed by atoms with Crippen molar-refractivity contribution in [3.05, 3.63) is 33.8 Å². The molecule has 1 aromatic rings. The van der Waals surface area contributed by atoms with E-state index in [1.807, 2.05) is 0 Å². The molecule has 17 heavy (non-hydrogen) atoms. The number of halogens is 3. The number of aliphatic hydroxyl groups excluding tert-OH is 3. The number of aliphatic hydroxyl groups is 3. The standard InChI is InChI=1S/C10H14Cl2O3P.BrH/c11-9-2-1-3-10(12)8(9)4-16(5-13,6-14)7-15;/h1-3,13-15H,4-7H2;1H/q+1;/p-1. The molecule has 0 atom stereocenters. The zero-order valence-corrected chi connectivity index (χ0v) is 13.0. The predicted octanol–water partition coefficient (Wildman–Crippen LogP) is -0.636. The Morgan fingerprint density at radius 3 is 1.71 bits per heavy atom. The first-order valence-electron chi connectivity index (χ1n) is 4.69. The molecular formula is C10H14BrCl2O3P.